The summed E-state index contributed by atoms with van der Waals surface area (Å²) in [6.07, 6.45) is 3.22. The van der Waals surface area contributed by atoms with Crippen LogP contribution in [0.2, 0.25) is 0 Å². The SMILES string of the molecule is CCCCNC(=O)CCN(Cc1ccccc1OC)S(C)(=O)=O. The molecule has 0 spiro atoms. The number of ether oxygens (including phenoxy) is 1. The molecule has 0 aromatic heterocycles. The molecule has 6 nitrogen and oxygen atoms in total. The van der Waals surface area contributed by atoms with Gasteiger partial charge in [-0.15, -0.1) is 0 Å². The fourth-order valence-electron chi connectivity index (χ4n) is 2.10. The van der Waals surface area contributed by atoms with Crippen molar-refractivity contribution >= 4 is 15.9 Å². The van der Waals surface area contributed by atoms with Crippen LogP contribution in [0.1, 0.15) is 31.7 Å². The number of hydrogen-bond donors (Lipinski definition) is 1. The van der Waals surface area contributed by atoms with E-state index in [0.29, 0.717) is 12.3 Å². The van der Waals surface area contributed by atoms with Crippen molar-refractivity contribution in [2.24, 2.45) is 0 Å². The predicted octanol–water partition coefficient (Wildman–Crippen LogP) is 1.76. The number of unbranched alkanes of at least 4 members (excludes halogenated alkanes) is 1. The van der Waals surface area contributed by atoms with Gasteiger partial charge in [0.05, 0.1) is 13.4 Å². The monoisotopic (exact) mass is 342 g/mol. The topological polar surface area (TPSA) is 75.7 Å². The summed E-state index contributed by atoms with van der Waals surface area (Å²) in [4.78, 5) is 11.8. The Kier molecular flexibility index (Phi) is 8.05. The number of benzene rings is 1. The highest BCUT2D eigenvalue weighted by atomic mass is 32.2. The number of sulfonamides is 1. The fourth-order valence-corrected chi connectivity index (χ4v) is 2.90. The van der Waals surface area contributed by atoms with Crippen molar-refractivity contribution in [1.82, 2.24) is 9.62 Å². The van der Waals surface area contributed by atoms with Crippen molar-refractivity contribution in [3.8, 4) is 5.75 Å². The minimum Gasteiger partial charge on any atom is -0.496 e. The zero-order valence-electron chi connectivity index (χ0n) is 14.0. The van der Waals surface area contributed by atoms with Crippen LogP contribution in [0.4, 0.5) is 0 Å². The van der Waals surface area contributed by atoms with Gasteiger partial charge in [0.25, 0.3) is 0 Å². The van der Waals surface area contributed by atoms with Gasteiger partial charge in [0.1, 0.15) is 5.75 Å². The van der Waals surface area contributed by atoms with Crippen molar-refractivity contribution in [3.05, 3.63) is 29.8 Å². The number of carbonyl (C=O) groups excluding carboxylic acids is 1. The zero-order chi connectivity index (χ0) is 17.3. The molecule has 0 saturated carbocycles. The third-order valence-corrected chi connectivity index (χ3v) is 4.70. The Morgan fingerprint density at radius 2 is 2.00 bits per heavy atom. The molecule has 0 atom stereocenters. The quantitative estimate of drug-likeness (QED) is 0.658. The highest BCUT2D eigenvalue weighted by Gasteiger charge is 2.19. The molecule has 23 heavy (non-hydrogen) atoms. The summed E-state index contributed by atoms with van der Waals surface area (Å²) in [6, 6.07) is 7.26. The van der Waals surface area contributed by atoms with Crippen molar-refractivity contribution in [1.29, 1.82) is 0 Å². The first-order chi connectivity index (χ1) is 10.9. The lowest BCUT2D eigenvalue weighted by Crippen LogP contribution is -2.34. The minimum absolute atomic E-state index is 0.132. The fraction of sp³-hybridized carbons (Fsp3) is 0.562. The van der Waals surface area contributed by atoms with E-state index in [4.69, 9.17) is 4.74 Å². The molecule has 1 rings (SSSR count). The molecule has 0 radical (unpaired) electrons. The van der Waals surface area contributed by atoms with Crippen molar-refractivity contribution in [2.45, 2.75) is 32.7 Å². The van der Waals surface area contributed by atoms with E-state index in [1.165, 1.54) is 4.31 Å². The molecule has 0 aliphatic rings. The molecule has 1 N–H and O–H groups in total. The first kappa shape index (κ1) is 19.4. The maximum absolute atomic E-state index is 12.0. The third kappa shape index (κ3) is 7.00. The van der Waals surface area contributed by atoms with Gasteiger partial charge < -0.3 is 10.1 Å². The van der Waals surface area contributed by atoms with Crippen LogP contribution in [0.15, 0.2) is 24.3 Å². The summed E-state index contributed by atoms with van der Waals surface area (Å²) in [5.41, 5.74) is 0.770. The standard InChI is InChI=1S/C16H26N2O4S/c1-4-5-11-17-16(19)10-12-18(23(3,20)21)13-14-8-6-7-9-15(14)22-2/h6-9H,4-5,10-13H2,1-3H3,(H,17,19). The van der Waals surface area contributed by atoms with E-state index in [1.807, 2.05) is 25.1 Å². The first-order valence-electron chi connectivity index (χ1n) is 7.72. The van der Waals surface area contributed by atoms with Gasteiger partial charge in [-0.05, 0) is 12.5 Å². The summed E-state index contributed by atoms with van der Waals surface area (Å²) >= 11 is 0. The summed E-state index contributed by atoms with van der Waals surface area (Å²) < 4.78 is 30.5. The van der Waals surface area contributed by atoms with Crippen molar-refractivity contribution in [3.63, 3.8) is 0 Å². The van der Waals surface area contributed by atoms with Crippen LogP contribution in [0.5, 0.6) is 5.75 Å². The number of methoxy groups -OCH3 is 1. The van der Waals surface area contributed by atoms with E-state index >= 15 is 0 Å². The molecule has 130 valence electrons. The zero-order valence-corrected chi connectivity index (χ0v) is 14.9. The van der Waals surface area contributed by atoms with Gasteiger partial charge in [0.15, 0.2) is 0 Å². The van der Waals surface area contributed by atoms with Gasteiger partial charge in [-0.25, -0.2) is 8.42 Å². The molecule has 0 heterocycles. The normalized spacial score (nSPS) is 11.5. The molecule has 0 fully saturated rings. The Balaban J connectivity index is 2.69. The van der Waals surface area contributed by atoms with E-state index in [9.17, 15) is 13.2 Å². The minimum atomic E-state index is -3.41. The lowest BCUT2D eigenvalue weighted by Gasteiger charge is -2.21. The number of nitrogens with zero attached hydrogens (tertiary/aromatic N) is 1. The number of carbonyl (C=O) groups is 1. The summed E-state index contributed by atoms with van der Waals surface area (Å²) in [6.45, 7) is 3.01. The van der Waals surface area contributed by atoms with Crippen LogP contribution < -0.4 is 10.1 Å². The third-order valence-electron chi connectivity index (χ3n) is 3.45. The molecule has 0 bridgehead atoms. The molecule has 1 aromatic carbocycles. The van der Waals surface area contributed by atoms with E-state index in [-0.39, 0.29) is 25.4 Å². The Bertz CT molecular complexity index is 602. The number of nitrogens with one attached hydrogen (secondary N) is 1. The Morgan fingerprint density at radius 3 is 2.61 bits per heavy atom. The van der Waals surface area contributed by atoms with Crippen LogP contribution in [0, 0.1) is 0 Å². The van der Waals surface area contributed by atoms with E-state index in [2.05, 4.69) is 5.32 Å². The lowest BCUT2D eigenvalue weighted by atomic mass is 10.2. The second-order valence-electron chi connectivity index (χ2n) is 5.36. The van der Waals surface area contributed by atoms with Crippen LogP contribution >= 0.6 is 0 Å². The lowest BCUT2D eigenvalue weighted by molar-refractivity contribution is -0.121. The van der Waals surface area contributed by atoms with E-state index < -0.39 is 10.0 Å². The van der Waals surface area contributed by atoms with Gasteiger partial charge >= 0.3 is 0 Å². The summed E-state index contributed by atoms with van der Waals surface area (Å²) in [5, 5.41) is 2.79. The predicted molar refractivity (Wildman–Crippen MR) is 90.8 cm³/mol. The van der Waals surface area contributed by atoms with Crippen LogP contribution in [0.25, 0.3) is 0 Å². The second-order valence-corrected chi connectivity index (χ2v) is 7.34. The van der Waals surface area contributed by atoms with Gasteiger partial charge in [0, 0.05) is 31.6 Å². The second kappa shape index (κ2) is 9.52. The molecule has 7 heteroatoms. The molecule has 0 aliphatic heterocycles. The van der Waals surface area contributed by atoms with Gasteiger partial charge in [-0.3, -0.25) is 4.79 Å². The first-order valence-corrected chi connectivity index (χ1v) is 9.57. The summed E-state index contributed by atoms with van der Waals surface area (Å²) in [5.74, 6) is 0.501. The molecule has 1 amide bonds. The Morgan fingerprint density at radius 1 is 1.30 bits per heavy atom. The highest BCUT2D eigenvalue weighted by molar-refractivity contribution is 7.88. The smallest absolute Gasteiger partial charge is 0.221 e. The van der Waals surface area contributed by atoms with Gasteiger partial charge in [-0.2, -0.15) is 4.31 Å². The number of hydrogen-bond acceptors (Lipinski definition) is 4. The van der Waals surface area contributed by atoms with E-state index in [1.54, 1.807) is 13.2 Å². The number of rotatable bonds is 10. The molecular formula is C16H26N2O4S. The van der Waals surface area contributed by atoms with E-state index in [0.717, 1.165) is 24.7 Å². The Hall–Kier alpha value is -1.60. The molecule has 0 aliphatic carbocycles. The van der Waals surface area contributed by atoms with Crippen molar-refractivity contribution < 1.29 is 17.9 Å². The van der Waals surface area contributed by atoms with Gasteiger partial charge in [0.2, 0.25) is 15.9 Å². The number of para-hydroxylation sites is 1. The maximum Gasteiger partial charge on any atom is 0.221 e. The van der Waals surface area contributed by atoms with Crippen LogP contribution in [-0.2, 0) is 21.4 Å². The molecule has 1 aromatic rings. The average molecular weight is 342 g/mol. The number of amides is 1. The molecule has 0 saturated heterocycles. The van der Waals surface area contributed by atoms with Gasteiger partial charge in [-0.1, -0.05) is 31.5 Å². The summed E-state index contributed by atoms with van der Waals surface area (Å²) in [7, 11) is -1.86. The maximum atomic E-state index is 12.0. The largest absolute Gasteiger partial charge is 0.496 e. The van der Waals surface area contributed by atoms with Crippen molar-refractivity contribution in [2.75, 3.05) is 26.5 Å². The van der Waals surface area contributed by atoms with Crippen LogP contribution in [0.3, 0.4) is 0 Å². The average Bonchev–Trinajstić information content (AvgIpc) is 2.50. The van der Waals surface area contributed by atoms with Crippen LogP contribution in [-0.4, -0.2) is 45.1 Å². The highest BCUT2D eigenvalue weighted by Crippen LogP contribution is 2.20. The molecular weight excluding hydrogens is 316 g/mol. The molecule has 0 unspecified atom stereocenters. The Labute approximate surface area is 138 Å².